The maximum Gasteiger partial charge on any atom is 0.196 e. The standard InChI is InChI=1S/C25H32N3O/c1-26(2)23-11-7-19(8-12-23)15-21-17-28(5,6)18-22(25(21)29)16-20-9-13-24(14-10-20)27(3)4/h7-16H,17-18H2,1-6H3/q+1/b21-15+,22-16+. The van der Waals surface area contributed by atoms with E-state index in [0.717, 1.165) is 51.2 Å². The number of hydrogen-bond donors (Lipinski definition) is 0. The SMILES string of the molecule is CN(C)c1ccc(/C=C2\C[N+](C)(C)C/C(=C\c3ccc(N(C)C)cc3)C2=O)cc1. The highest BCUT2D eigenvalue weighted by molar-refractivity contribution is 6.14. The minimum absolute atomic E-state index is 0.163. The second kappa shape index (κ2) is 8.26. The van der Waals surface area contributed by atoms with E-state index in [9.17, 15) is 4.79 Å². The molecule has 0 radical (unpaired) electrons. The van der Waals surface area contributed by atoms with Crippen molar-refractivity contribution in [3.05, 3.63) is 70.8 Å². The van der Waals surface area contributed by atoms with E-state index in [2.05, 4.69) is 72.4 Å². The van der Waals surface area contributed by atoms with Gasteiger partial charge in [-0.2, -0.15) is 0 Å². The van der Waals surface area contributed by atoms with Crippen molar-refractivity contribution in [2.75, 3.05) is 65.2 Å². The molecule has 0 atom stereocenters. The Bertz CT molecular complexity index is 858. The molecule has 2 aromatic rings. The number of Topliss-reactive ketones (excluding diaryl/α,β-unsaturated/α-hetero) is 1. The molecule has 0 saturated carbocycles. The Morgan fingerprint density at radius 1 is 0.690 bits per heavy atom. The van der Waals surface area contributed by atoms with Crippen molar-refractivity contribution in [3.63, 3.8) is 0 Å². The molecule has 0 amide bonds. The smallest absolute Gasteiger partial charge is 0.196 e. The molecule has 3 rings (SSSR count). The minimum atomic E-state index is 0.163. The Hall–Kier alpha value is -2.85. The fourth-order valence-electron chi connectivity index (χ4n) is 3.69. The lowest BCUT2D eigenvalue weighted by Gasteiger charge is -2.35. The Balaban J connectivity index is 1.90. The predicted molar refractivity (Wildman–Crippen MR) is 124 cm³/mol. The summed E-state index contributed by atoms with van der Waals surface area (Å²) in [4.78, 5) is 17.4. The van der Waals surface area contributed by atoms with E-state index < -0.39 is 0 Å². The average molecular weight is 391 g/mol. The minimum Gasteiger partial charge on any atom is -0.378 e. The Morgan fingerprint density at radius 3 is 1.34 bits per heavy atom. The lowest BCUT2D eigenvalue weighted by Crippen LogP contribution is -2.48. The van der Waals surface area contributed by atoms with Gasteiger partial charge in [-0.05, 0) is 47.5 Å². The first kappa shape index (κ1) is 20.9. The number of likely N-dealkylation sites (N-methyl/N-ethyl adjacent to an activating group) is 1. The first-order valence-corrected chi connectivity index (χ1v) is 9.97. The Labute approximate surface area is 174 Å². The van der Waals surface area contributed by atoms with Crippen molar-refractivity contribution >= 4 is 29.3 Å². The van der Waals surface area contributed by atoms with E-state index in [1.54, 1.807) is 0 Å². The van der Waals surface area contributed by atoms with Crippen molar-refractivity contribution in [3.8, 4) is 0 Å². The van der Waals surface area contributed by atoms with E-state index in [1.807, 2.05) is 40.3 Å². The van der Waals surface area contributed by atoms with Crippen molar-refractivity contribution < 1.29 is 9.28 Å². The third kappa shape index (κ3) is 5.15. The van der Waals surface area contributed by atoms with Gasteiger partial charge in [-0.1, -0.05) is 24.3 Å². The molecule has 1 heterocycles. The largest absolute Gasteiger partial charge is 0.378 e. The first-order chi connectivity index (χ1) is 13.6. The monoisotopic (exact) mass is 390 g/mol. The third-order valence-electron chi connectivity index (χ3n) is 5.28. The van der Waals surface area contributed by atoms with E-state index >= 15 is 0 Å². The van der Waals surface area contributed by atoms with Crippen LogP contribution in [0.5, 0.6) is 0 Å². The van der Waals surface area contributed by atoms with Crippen molar-refractivity contribution in [1.82, 2.24) is 0 Å². The van der Waals surface area contributed by atoms with Gasteiger partial charge >= 0.3 is 0 Å². The quantitative estimate of drug-likeness (QED) is 0.583. The number of carbonyl (C=O) groups is 1. The summed E-state index contributed by atoms with van der Waals surface area (Å²) < 4.78 is 0.773. The number of rotatable bonds is 4. The lowest BCUT2D eigenvalue weighted by atomic mass is 9.93. The fourth-order valence-corrected chi connectivity index (χ4v) is 3.69. The number of hydrogen-bond acceptors (Lipinski definition) is 3. The van der Waals surface area contributed by atoms with Crippen LogP contribution in [0.25, 0.3) is 12.2 Å². The maximum absolute atomic E-state index is 13.2. The Morgan fingerprint density at radius 2 is 1.03 bits per heavy atom. The summed E-state index contributed by atoms with van der Waals surface area (Å²) in [6, 6.07) is 16.7. The summed E-state index contributed by atoms with van der Waals surface area (Å²) >= 11 is 0. The molecule has 0 bridgehead atoms. The number of ketones is 1. The number of quaternary nitrogens is 1. The van der Waals surface area contributed by atoms with Crippen LogP contribution in [0, 0.1) is 0 Å². The van der Waals surface area contributed by atoms with Crippen molar-refractivity contribution in [2.45, 2.75) is 0 Å². The van der Waals surface area contributed by atoms with Crippen LogP contribution < -0.4 is 9.80 Å². The molecule has 4 nitrogen and oxygen atoms in total. The van der Waals surface area contributed by atoms with Gasteiger partial charge in [0.15, 0.2) is 5.78 Å². The van der Waals surface area contributed by atoms with Crippen molar-refractivity contribution in [2.24, 2.45) is 0 Å². The lowest BCUT2D eigenvalue weighted by molar-refractivity contribution is -0.881. The van der Waals surface area contributed by atoms with Gasteiger partial charge in [0, 0.05) is 39.6 Å². The van der Waals surface area contributed by atoms with Gasteiger partial charge in [0.05, 0.1) is 25.2 Å². The van der Waals surface area contributed by atoms with Gasteiger partial charge in [0.2, 0.25) is 0 Å². The summed E-state index contributed by atoms with van der Waals surface area (Å²) in [6.45, 7) is 1.48. The molecule has 1 saturated heterocycles. The zero-order valence-electron chi connectivity index (χ0n) is 18.4. The van der Waals surface area contributed by atoms with Crippen LogP contribution in [0.15, 0.2) is 59.7 Å². The molecule has 1 fully saturated rings. The number of benzene rings is 2. The molecule has 2 aromatic carbocycles. The highest BCUT2D eigenvalue weighted by atomic mass is 16.1. The number of likely N-dealkylation sites (tertiary alicyclic amines) is 1. The fraction of sp³-hybridized carbons (Fsp3) is 0.320. The Kier molecular flexibility index (Phi) is 5.94. The maximum atomic E-state index is 13.2. The summed E-state index contributed by atoms with van der Waals surface area (Å²) in [5.41, 5.74) is 6.18. The number of carbonyl (C=O) groups excluding carboxylic acids is 1. The average Bonchev–Trinajstić information content (AvgIpc) is 2.66. The van der Waals surface area contributed by atoms with Crippen LogP contribution in [0.4, 0.5) is 11.4 Å². The second-order valence-electron chi connectivity index (χ2n) is 8.89. The van der Waals surface area contributed by atoms with Crippen LogP contribution >= 0.6 is 0 Å². The molecular weight excluding hydrogens is 358 g/mol. The van der Waals surface area contributed by atoms with Crippen LogP contribution in [0.1, 0.15) is 11.1 Å². The molecule has 0 unspecified atom stereocenters. The second-order valence-corrected chi connectivity index (χ2v) is 8.89. The van der Waals surface area contributed by atoms with E-state index in [0.29, 0.717) is 0 Å². The zero-order chi connectivity index (χ0) is 21.2. The van der Waals surface area contributed by atoms with E-state index in [1.165, 1.54) is 0 Å². The molecule has 0 N–H and O–H groups in total. The van der Waals surface area contributed by atoms with Gasteiger partial charge in [0.25, 0.3) is 0 Å². The van der Waals surface area contributed by atoms with Gasteiger partial charge in [-0.25, -0.2) is 0 Å². The normalized spacial score (nSPS) is 18.9. The van der Waals surface area contributed by atoms with E-state index in [4.69, 9.17) is 0 Å². The number of nitrogens with zero attached hydrogens (tertiary/aromatic N) is 3. The van der Waals surface area contributed by atoms with Gasteiger partial charge in [-0.3, -0.25) is 4.79 Å². The van der Waals surface area contributed by atoms with Gasteiger partial charge in [0.1, 0.15) is 13.1 Å². The zero-order valence-corrected chi connectivity index (χ0v) is 18.4. The summed E-state index contributed by atoms with van der Waals surface area (Å²) in [5, 5.41) is 0. The molecule has 0 spiro atoms. The summed E-state index contributed by atoms with van der Waals surface area (Å²) in [7, 11) is 12.5. The van der Waals surface area contributed by atoms with Gasteiger partial charge in [-0.15, -0.1) is 0 Å². The van der Waals surface area contributed by atoms with Crippen LogP contribution in [0.2, 0.25) is 0 Å². The number of piperidine rings is 1. The van der Waals surface area contributed by atoms with E-state index in [-0.39, 0.29) is 5.78 Å². The van der Waals surface area contributed by atoms with Gasteiger partial charge < -0.3 is 14.3 Å². The molecule has 0 aliphatic carbocycles. The third-order valence-corrected chi connectivity index (χ3v) is 5.28. The molecule has 29 heavy (non-hydrogen) atoms. The van der Waals surface area contributed by atoms with Crippen LogP contribution in [0.3, 0.4) is 0 Å². The number of anilines is 2. The molecule has 1 aliphatic heterocycles. The van der Waals surface area contributed by atoms with Crippen molar-refractivity contribution in [1.29, 1.82) is 0 Å². The van der Waals surface area contributed by atoms with Crippen LogP contribution in [-0.4, -0.2) is 65.6 Å². The van der Waals surface area contributed by atoms with Crippen LogP contribution in [-0.2, 0) is 4.79 Å². The molecule has 1 aliphatic rings. The molecule has 0 aromatic heterocycles. The summed E-state index contributed by atoms with van der Waals surface area (Å²) in [5.74, 6) is 0.163. The topological polar surface area (TPSA) is 23.6 Å². The highest BCUT2D eigenvalue weighted by Crippen LogP contribution is 2.26. The first-order valence-electron chi connectivity index (χ1n) is 9.97. The highest BCUT2D eigenvalue weighted by Gasteiger charge is 2.33. The predicted octanol–water partition coefficient (Wildman–Crippen LogP) is 3.94. The molecular formula is C25H32N3O+. The molecule has 4 heteroatoms. The summed E-state index contributed by atoms with van der Waals surface area (Å²) in [6.07, 6.45) is 4.09. The molecule has 152 valence electrons.